The first-order valence-corrected chi connectivity index (χ1v) is 12.2. The van der Waals surface area contributed by atoms with Crippen molar-refractivity contribution < 1.29 is 24.2 Å². The van der Waals surface area contributed by atoms with Crippen molar-refractivity contribution in [3.05, 3.63) is 42.5 Å². The fourth-order valence-corrected chi connectivity index (χ4v) is 3.83. The van der Waals surface area contributed by atoms with Gasteiger partial charge in [0.05, 0.1) is 14.2 Å². The normalized spacial score (nSPS) is 11.7. The minimum Gasteiger partial charge on any atom is -0.508 e. The van der Waals surface area contributed by atoms with Gasteiger partial charge in [-0.3, -0.25) is 14.5 Å². The molecule has 11 heteroatoms. The number of nitrogens with zero attached hydrogens (tertiary/aromatic N) is 5. The highest BCUT2D eigenvalue weighted by molar-refractivity contribution is 6.00. The maximum atomic E-state index is 13.5. The molecule has 0 fully saturated rings. The molecule has 0 saturated carbocycles. The van der Waals surface area contributed by atoms with Crippen LogP contribution in [0.1, 0.15) is 33.6 Å². The van der Waals surface area contributed by atoms with Crippen LogP contribution in [-0.4, -0.2) is 63.9 Å². The number of anilines is 1. The Hall–Kier alpha value is -4.15. The summed E-state index contributed by atoms with van der Waals surface area (Å²) in [5.41, 5.74) is 1.04. The minimum atomic E-state index is -0.782. The first kappa shape index (κ1) is 27.4. The highest BCUT2D eigenvalue weighted by Crippen LogP contribution is 2.31. The second kappa shape index (κ2) is 12.7. The van der Waals surface area contributed by atoms with Gasteiger partial charge >= 0.3 is 0 Å². The van der Waals surface area contributed by atoms with Crippen molar-refractivity contribution in [1.82, 2.24) is 25.5 Å². The summed E-state index contributed by atoms with van der Waals surface area (Å²) in [4.78, 5) is 29.2. The van der Waals surface area contributed by atoms with E-state index in [2.05, 4.69) is 34.6 Å². The van der Waals surface area contributed by atoms with Crippen LogP contribution in [0.5, 0.6) is 17.2 Å². The van der Waals surface area contributed by atoms with E-state index in [0.717, 1.165) is 6.42 Å². The molecule has 1 aromatic heterocycles. The molecular formula is C26H34N6O5. The molecule has 11 nitrogen and oxygen atoms in total. The van der Waals surface area contributed by atoms with Gasteiger partial charge in [0.2, 0.25) is 11.7 Å². The number of ether oxygens (including phenoxy) is 2. The lowest BCUT2D eigenvalue weighted by Crippen LogP contribution is -2.51. The number of amides is 2. The summed E-state index contributed by atoms with van der Waals surface area (Å²) in [6, 6.07) is 10.7. The zero-order valence-electron chi connectivity index (χ0n) is 21.8. The van der Waals surface area contributed by atoms with Crippen LogP contribution in [0.4, 0.5) is 5.69 Å². The lowest BCUT2D eigenvalue weighted by atomic mass is 10.1. The summed E-state index contributed by atoms with van der Waals surface area (Å²) in [6.07, 6.45) is 1.20. The Morgan fingerprint density at radius 2 is 1.86 bits per heavy atom. The standard InChI is InChI=1S/C26H34N6O5/c1-6-21(26(35)27-13-12-17(2)3)32(19-8-7-9-20(33)15-19)24(34)16-31-29-25(28-30-31)18-10-11-22(36-4)23(14-18)37-5/h7-11,14-15,17,21,33H,6,12-13,16H2,1-5H3,(H,27,35)/t21-/m0/s1. The Morgan fingerprint density at radius 1 is 1.11 bits per heavy atom. The number of benzene rings is 2. The van der Waals surface area contributed by atoms with Crippen LogP contribution < -0.4 is 19.7 Å². The third kappa shape index (κ3) is 6.96. The largest absolute Gasteiger partial charge is 0.508 e. The number of tetrazole rings is 1. The van der Waals surface area contributed by atoms with Gasteiger partial charge in [-0.05, 0) is 54.3 Å². The average molecular weight is 511 g/mol. The third-order valence-corrected chi connectivity index (χ3v) is 5.77. The van der Waals surface area contributed by atoms with Gasteiger partial charge in [-0.25, -0.2) is 0 Å². The molecule has 1 heterocycles. The number of hydrogen-bond acceptors (Lipinski definition) is 8. The number of hydrogen-bond donors (Lipinski definition) is 2. The van der Waals surface area contributed by atoms with E-state index in [1.54, 1.807) is 37.4 Å². The molecule has 3 rings (SSSR count). The third-order valence-electron chi connectivity index (χ3n) is 5.77. The van der Waals surface area contributed by atoms with Gasteiger partial charge in [0.25, 0.3) is 5.91 Å². The Kier molecular flexibility index (Phi) is 9.42. The van der Waals surface area contributed by atoms with E-state index in [-0.39, 0.29) is 18.2 Å². The predicted molar refractivity (Wildman–Crippen MR) is 138 cm³/mol. The van der Waals surface area contributed by atoms with Gasteiger partial charge in [-0.1, -0.05) is 26.8 Å². The molecule has 3 aromatic rings. The molecule has 198 valence electrons. The zero-order chi connectivity index (χ0) is 26.9. The number of carbonyl (C=O) groups is 2. The van der Waals surface area contributed by atoms with E-state index in [1.807, 2.05) is 6.92 Å². The molecule has 2 aromatic carbocycles. The fourth-order valence-electron chi connectivity index (χ4n) is 3.83. The number of phenolic OH excluding ortho intramolecular Hbond substituents is 1. The van der Waals surface area contributed by atoms with Gasteiger partial charge in [0, 0.05) is 23.9 Å². The molecule has 37 heavy (non-hydrogen) atoms. The van der Waals surface area contributed by atoms with E-state index in [9.17, 15) is 14.7 Å². The van der Waals surface area contributed by atoms with E-state index in [0.29, 0.717) is 47.5 Å². The zero-order valence-corrected chi connectivity index (χ0v) is 21.8. The van der Waals surface area contributed by atoms with Crippen LogP contribution in [0.15, 0.2) is 42.5 Å². The molecule has 0 radical (unpaired) electrons. The fraction of sp³-hybridized carbons (Fsp3) is 0.423. The van der Waals surface area contributed by atoms with Crippen molar-refractivity contribution >= 4 is 17.5 Å². The molecular weight excluding hydrogens is 476 g/mol. The Morgan fingerprint density at radius 3 is 2.51 bits per heavy atom. The van der Waals surface area contributed by atoms with Crippen molar-refractivity contribution in [3.8, 4) is 28.6 Å². The van der Waals surface area contributed by atoms with Crippen molar-refractivity contribution in [3.63, 3.8) is 0 Å². The molecule has 0 unspecified atom stereocenters. The van der Waals surface area contributed by atoms with Gasteiger partial charge in [-0.15, -0.1) is 10.2 Å². The highest BCUT2D eigenvalue weighted by atomic mass is 16.5. The predicted octanol–water partition coefficient (Wildman–Crippen LogP) is 3.04. The van der Waals surface area contributed by atoms with Gasteiger partial charge in [-0.2, -0.15) is 4.80 Å². The number of aromatic nitrogens is 4. The topological polar surface area (TPSA) is 132 Å². The average Bonchev–Trinajstić information content (AvgIpc) is 3.34. The van der Waals surface area contributed by atoms with Gasteiger partial charge in [0.1, 0.15) is 18.3 Å². The Bertz CT molecular complexity index is 1210. The summed E-state index contributed by atoms with van der Waals surface area (Å²) in [6.45, 7) is 6.24. The van der Waals surface area contributed by atoms with Crippen molar-refractivity contribution in [1.29, 1.82) is 0 Å². The van der Waals surface area contributed by atoms with Crippen LogP contribution in [0, 0.1) is 5.92 Å². The summed E-state index contributed by atoms with van der Waals surface area (Å²) < 4.78 is 10.6. The number of rotatable bonds is 12. The molecule has 0 spiro atoms. The van der Waals surface area contributed by atoms with Gasteiger partial charge in [0.15, 0.2) is 11.5 Å². The number of phenols is 1. The number of carbonyl (C=O) groups excluding carboxylic acids is 2. The first-order valence-electron chi connectivity index (χ1n) is 12.2. The van der Waals surface area contributed by atoms with Crippen molar-refractivity contribution in [2.24, 2.45) is 5.92 Å². The van der Waals surface area contributed by atoms with E-state index >= 15 is 0 Å². The SMILES string of the molecule is CC[C@@H](C(=O)NCCC(C)C)N(C(=O)Cn1nnc(-c2ccc(OC)c(OC)c2)n1)c1cccc(O)c1. The first-order chi connectivity index (χ1) is 17.8. The van der Waals surface area contributed by atoms with Crippen molar-refractivity contribution in [2.45, 2.75) is 46.2 Å². The summed E-state index contributed by atoms with van der Waals surface area (Å²) in [5, 5.41) is 25.4. The molecule has 0 bridgehead atoms. The van der Waals surface area contributed by atoms with Crippen LogP contribution in [0.2, 0.25) is 0 Å². The van der Waals surface area contributed by atoms with Crippen LogP contribution >= 0.6 is 0 Å². The molecule has 0 saturated heterocycles. The minimum absolute atomic E-state index is 0.0139. The number of nitrogens with one attached hydrogen (secondary N) is 1. The smallest absolute Gasteiger partial charge is 0.251 e. The molecule has 2 N–H and O–H groups in total. The Balaban J connectivity index is 1.85. The molecule has 0 aliphatic carbocycles. The quantitative estimate of drug-likeness (QED) is 0.380. The number of aromatic hydroxyl groups is 1. The van der Waals surface area contributed by atoms with Crippen LogP contribution in [0.3, 0.4) is 0 Å². The highest BCUT2D eigenvalue weighted by Gasteiger charge is 2.30. The Labute approximate surface area is 216 Å². The number of methoxy groups -OCH3 is 2. The molecule has 0 aliphatic heterocycles. The van der Waals surface area contributed by atoms with Gasteiger partial charge < -0.3 is 19.9 Å². The summed E-state index contributed by atoms with van der Waals surface area (Å²) in [7, 11) is 3.08. The second-order valence-corrected chi connectivity index (χ2v) is 8.89. The molecule has 1 atom stereocenters. The maximum Gasteiger partial charge on any atom is 0.251 e. The molecule has 2 amide bonds. The summed E-state index contributed by atoms with van der Waals surface area (Å²) >= 11 is 0. The monoisotopic (exact) mass is 510 g/mol. The van der Waals surface area contributed by atoms with E-state index < -0.39 is 11.9 Å². The lowest BCUT2D eigenvalue weighted by Gasteiger charge is -2.30. The maximum absolute atomic E-state index is 13.5. The van der Waals surface area contributed by atoms with E-state index in [1.165, 1.54) is 28.9 Å². The van der Waals surface area contributed by atoms with Crippen LogP contribution in [0.25, 0.3) is 11.4 Å². The second-order valence-electron chi connectivity index (χ2n) is 8.89. The lowest BCUT2D eigenvalue weighted by molar-refractivity contribution is -0.127. The van der Waals surface area contributed by atoms with E-state index in [4.69, 9.17) is 9.47 Å². The van der Waals surface area contributed by atoms with Crippen molar-refractivity contribution in [2.75, 3.05) is 25.7 Å². The van der Waals surface area contributed by atoms with Crippen LogP contribution in [-0.2, 0) is 16.1 Å². The molecule has 0 aliphatic rings. The summed E-state index contributed by atoms with van der Waals surface area (Å²) in [5.74, 6) is 1.10.